The molecular formula is C14H24O3. The van der Waals surface area contributed by atoms with Gasteiger partial charge in [0.05, 0.1) is 13.2 Å². The van der Waals surface area contributed by atoms with E-state index in [0.29, 0.717) is 12.3 Å². The van der Waals surface area contributed by atoms with Crippen LogP contribution >= 0.6 is 0 Å². The van der Waals surface area contributed by atoms with Crippen molar-refractivity contribution in [3.05, 3.63) is 0 Å². The first-order valence-corrected chi connectivity index (χ1v) is 6.80. The van der Waals surface area contributed by atoms with Gasteiger partial charge in [-0.25, -0.2) is 0 Å². The van der Waals surface area contributed by atoms with E-state index in [1.54, 1.807) is 0 Å². The quantitative estimate of drug-likeness (QED) is 0.711. The molecule has 0 unspecified atom stereocenters. The van der Waals surface area contributed by atoms with Crippen LogP contribution in [0.3, 0.4) is 0 Å². The summed E-state index contributed by atoms with van der Waals surface area (Å²) in [4.78, 5) is 11.0. The van der Waals surface area contributed by atoms with Crippen molar-refractivity contribution < 1.29 is 14.3 Å². The maximum absolute atomic E-state index is 11.0. The summed E-state index contributed by atoms with van der Waals surface area (Å²) in [6.07, 6.45) is 7.87. The molecule has 3 heteroatoms. The fraction of sp³-hybridized carbons (Fsp3) is 0.929. The normalized spacial score (nSPS) is 28.8. The first kappa shape index (κ1) is 13.0. The number of hydrogen-bond donors (Lipinski definition) is 0. The molecule has 0 radical (unpaired) electrons. The molecule has 3 nitrogen and oxygen atoms in total. The van der Waals surface area contributed by atoms with Crippen molar-refractivity contribution in [1.82, 2.24) is 0 Å². The lowest BCUT2D eigenvalue weighted by molar-refractivity contribution is -0.277. The summed E-state index contributed by atoms with van der Waals surface area (Å²) in [6, 6.07) is 0. The van der Waals surface area contributed by atoms with Crippen molar-refractivity contribution in [2.45, 2.75) is 58.2 Å². The molecule has 0 bridgehead atoms. The fourth-order valence-electron chi connectivity index (χ4n) is 3.25. The van der Waals surface area contributed by atoms with Crippen molar-refractivity contribution >= 4 is 6.29 Å². The molecule has 0 atom stereocenters. The van der Waals surface area contributed by atoms with Gasteiger partial charge in [0.2, 0.25) is 0 Å². The highest BCUT2D eigenvalue weighted by Crippen LogP contribution is 2.46. The van der Waals surface area contributed by atoms with Gasteiger partial charge in [0.1, 0.15) is 6.29 Å². The number of hydrogen-bond acceptors (Lipinski definition) is 3. The number of carbonyl (C=O) groups is 1. The van der Waals surface area contributed by atoms with Crippen LogP contribution in [0.2, 0.25) is 0 Å². The Morgan fingerprint density at radius 3 is 2.24 bits per heavy atom. The third kappa shape index (κ3) is 2.89. The van der Waals surface area contributed by atoms with Crippen LogP contribution < -0.4 is 0 Å². The molecule has 1 heterocycles. The minimum Gasteiger partial charge on any atom is -0.350 e. The van der Waals surface area contributed by atoms with E-state index in [0.717, 1.165) is 32.3 Å². The van der Waals surface area contributed by atoms with Crippen LogP contribution in [0.1, 0.15) is 52.4 Å². The maximum Gasteiger partial charge on any atom is 0.162 e. The zero-order valence-corrected chi connectivity index (χ0v) is 11.0. The third-order valence-electron chi connectivity index (χ3n) is 4.47. The second-order valence-corrected chi connectivity index (χ2v) is 6.01. The molecule has 0 N–H and O–H groups in total. The molecule has 17 heavy (non-hydrogen) atoms. The summed E-state index contributed by atoms with van der Waals surface area (Å²) in [5.74, 6) is -0.0610. The topological polar surface area (TPSA) is 35.5 Å². The highest BCUT2D eigenvalue weighted by molar-refractivity contribution is 5.51. The van der Waals surface area contributed by atoms with Gasteiger partial charge in [-0.15, -0.1) is 0 Å². The lowest BCUT2D eigenvalue weighted by atomic mass is 9.64. The van der Waals surface area contributed by atoms with E-state index in [-0.39, 0.29) is 5.41 Å². The van der Waals surface area contributed by atoms with Crippen molar-refractivity contribution in [1.29, 1.82) is 0 Å². The molecule has 1 aliphatic carbocycles. The maximum atomic E-state index is 11.0. The summed E-state index contributed by atoms with van der Waals surface area (Å²) < 4.78 is 11.5. The average molecular weight is 240 g/mol. The number of rotatable bonds is 3. The number of ether oxygens (including phenoxy) is 2. The van der Waals surface area contributed by atoms with Crippen molar-refractivity contribution in [2.75, 3.05) is 13.2 Å². The average Bonchev–Trinajstić information content (AvgIpc) is 2.30. The van der Waals surface area contributed by atoms with E-state index in [9.17, 15) is 4.79 Å². The Balaban J connectivity index is 2.04. The zero-order valence-electron chi connectivity index (χ0n) is 11.0. The number of aldehydes is 1. The van der Waals surface area contributed by atoms with Gasteiger partial charge in [-0.2, -0.15) is 0 Å². The largest absolute Gasteiger partial charge is 0.350 e. The smallest absolute Gasteiger partial charge is 0.162 e. The van der Waals surface area contributed by atoms with Gasteiger partial charge in [-0.3, -0.25) is 0 Å². The van der Waals surface area contributed by atoms with Crippen LogP contribution in [0.15, 0.2) is 0 Å². The number of carbonyl (C=O) groups excluding carboxylic acids is 1. The lowest BCUT2D eigenvalue weighted by Gasteiger charge is -2.47. The Hall–Kier alpha value is -0.410. The molecule has 0 aromatic rings. The second kappa shape index (κ2) is 5.07. The van der Waals surface area contributed by atoms with Gasteiger partial charge in [0.15, 0.2) is 5.79 Å². The van der Waals surface area contributed by atoms with Crippen LogP contribution in [0.4, 0.5) is 0 Å². The van der Waals surface area contributed by atoms with Crippen molar-refractivity contribution in [3.63, 3.8) is 0 Å². The van der Waals surface area contributed by atoms with Crippen LogP contribution in [-0.2, 0) is 14.3 Å². The first-order chi connectivity index (χ1) is 8.08. The Morgan fingerprint density at radius 1 is 1.12 bits per heavy atom. The van der Waals surface area contributed by atoms with Crippen molar-refractivity contribution in [2.24, 2.45) is 11.3 Å². The predicted molar refractivity (Wildman–Crippen MR) is 65.7 cm³/mol. The van der Waals surface area contributed by atoms with E-state index in [1.807, 2.05) is 13.8 Å². The molecule has 1 aliphatic heterocycles. The molecule has 0 aromatic heterocycles. The summed E-state index contributed by atoms with van der Waals surface area (Å²) in [6.45, 7) is 5.38. The van der Waals surface area contributed by atoms with E-state index in [4.69, 9.17) is 9.47 Å². The molecule has 2 fully saturated rings. The highest BCUT2D eigenvalue weighted by atomic mass is 16.7. The Kier molecular flexibility index (Phi) is 3.88. The fourth-order valence-corrected chi connectivity index (χ4v) is 3.25. The standard InChI is InChI=1S/C14H24O3/c1-13(2)16-10-12(11-17-13)14(8-9-15)6-4-3-5-7-14/h9,12H,3-8,10-11H2,1-2H3. The molecule has 98 valence electrons. The third-order valence-corrected chi connectivity index (χ3v) is 4.47. The molecule has 2 rings (SSSR count). The van der Waals surface area contributed by atoms with Gasteiger partial charge in [-0.1, -0.05) is 19.3 Å². The predicted octanol–water partition coefficient (Wildman–Crippen LogP) is 2.93. The monoisotopic (exact) mass is 240 g/mol. The van der Waals surface area contributed by atoms with Crippen LogP contribution in [0, 0.1) is 11.3 Å². The van der Waals surface area contributed by atoms with Gasteiger partial charge < -0.3 is 14.3 Å². The first-order valence-electron chi connectivity index (χ1n) is 6.80. The van der Waals surface area contributed by atoms with E-state index < -0.39 is 5.79 Å². The van der Waals surface area contributed by atoms with Gasteiger partial charge in [0, 0.05) is 12.3 Å². The summed E-state index contributed by atoms with van der Waals surface area (Å²) >= 11 is 0. The Bertz CT molecular complexity index is 257. The lowest BCUT2D eigenvalue weighted by Crippen LogP contribution is -2.47. The minimum atomic E-state index is -0.451. The molecular weight excluding hydrogens is 216 g/mol. The van der Waals surface area contributed by atoms with E-state index in [1.165, 1.54) is 19.3 Å². The molecule has 0 amide bonds. The second-order valence-electron chi connectivity index (χ2n) is 6.01. The van der Waals surface area contributed by atoms with Crippen LogP contribution in [0.25, 0.3) is 0 Å². The Morgan fingerprint density at radius 2 is 1.71 bits per heavy atom. The molecule has 1 saturated carbocycles. The SMILES string of the molecule is CC1(C)OCC(C2(CC=O)CCCCC2)CO1. The minimum absolute atomic E-state index is 0.149. The van der Waals surface area contributed by atoms with Gasteiger partial charge in [0.25, 0.3) is 0 Å². The molecule has 1 saturated heterocycles. The van der Waals surface area contributed by atoms with E-state index in [2.05, 4.69) is 0 Å². The summed E-state index contributed by atoms with van der Waals surface area (Å²) in [7, 11) is 0. The van der Waals surface area contributed by atoms with E-state index >= 15 is 0 Å². The molecule has 0 aromatic carbocycles. The molecule has 0 spiro atoms. The van der Waals surface area contributed by atoms with Crippen LogP contribution in [0.5, 0.6) is 0 Å². The Labute approximate surface area is 104 Å². The van der Waals surface area contributed by atoms with Gasteiger partial charge in [-0.05, 0) is 32.1 Å². The van der Waals surface area contributed by atoms with Crippen LogP contribution in [-0.4, -0.2) is 25.3 Å². The summed E-state index contributed by atoms with van der Waals surface area (Å²) in [5.41, 5.74) is 0.149. The zero-order chi connectivity index (χ0) is 12.4. The molecule has 2 aliphatic rings. The summed E-state index contributed by atoms with van der Waals surface area (Å²) in [5, 5.41) is 0. The van der Waals surface area contributed by atoms with Crippen molar-refractivity contribution in [3.8, 4) is 0 Å². The van der Waals surface area contributed by atoms with Gasteiger partial charge >= 0.3 is 0 Å². The highest BCUT2D eigenvalue weighted by Gasteiger charge is 2.43.